The average molecular weight is 391 g/mol. The van der Waals surface area contributed by atoms with Gasteiger partial charge in [-0.1, -0.05) is 32.4 Å². The number of benzene rings is 1. The number of halogens is 2. The normalized spacial score (nSPS) is 20.5. The molecule has 25 heavy (non-hydrogen) atoms. The van der Waals surface area contributed by atoms with E-state index in [1.54, 1.807) is 12.1 Å². The minimum Gasteiger partial charge on any atom is -0.496 e. The Labute approximate surface area is 161 Å². The molecule has 0 aliphatic carbocycles. The Hall–Kier alpha value is -1.17. The van der Waals surface area contributed by atoms with Crippen molar-refractivity contribution in [2.45, 2.75) is 39.7 Å². The molecule has 0 bridgehead atoms. The number of carbonyl (C=O) groups is 1. The van der Waals surface area contributed by atoms with Gasteiger partial charge in [-0.3, -0.25) is 4.79 Å². The van der Waals surface area contributed by atoms with Crippen LogP contribution >= 0.6 is 24.0 Å². The van der Waals surface area contributed by atoms with E-state index in [4.69, 9.17) is 26.8 Å². The first-order valence-electron chi connectivity index (χ1n) is 8.27. The van der Waals surface area contributed by atoms with E-state index in [9.17, 15) is 4.79 Å². The van der Waals surface area contributed by atoms with Crippen LogP contribution in [0.3, 0.4) is 0 Å². The topological polar surface area (TPSA) is 73.6 Å². The highest BCUT2D eigenvalue weighted by Gasteiger charge is 2.35. The summed E-state index contributed by atoms with van der Waals surface area (Å²) in [6.45, 7) is 7.85. The molecule has 1 aliphatic heterocycles. The van der Waals surface area contributed by atoms with Crippen molar-refractivity contribution in [2.24, 2.45) is 11.3 Å². The van der Waals surface area contributed by atoms with Crippen molar-refractivity contribution in [3.63, 3.8) is 0 Å². The zero-order valence-electron chi connectivity index (χ0n) is 15.2. The Morgan fingerprint density at radius 2 is 2.12 bits per heavy atom. The van der Waals surface area contributed by atoms with Gasteiger partial charge in [-0.15, -0.1) is 12.4 Å². The predicted molar refractivity (Wildman–Crippen MR) is 104 cm³/mol. The van der Waals surface area contributed by atoms with Gasteiger partial charge in [0.15, 0.2) is 0 Å². The molecule has 1 saturated heterocycles. The second kappa shape index (κ2) is 8.97. The lowest BCUT2D eigenvalue weighted by atomic mass is 9.78. The van der Waals surface area contributed by atoms with Crippen molar-refractivity contribution >= 4 is 35.6 Å². The summed E-state index contributed by atoms with van der Waals surface area (Å²) < 4.78 is 11.2. The third-order valence-electron chi connectivity index (χ3n) is 4.39. The number of amides is 1. The van der Waals surface area contributed by atoms with Gasteiger partial charge in [0.1, 0.15) is 5.75 Å². The van der Waals surface area contributed by atoms with Crippen LogP contribution in [0.2, 0.25) is 5.02 Å². The third-order valence-corrected chi connectivity index (χ3v) is 4.71. The molecular weight excluding hydrogens is 363 g/mol. The second-order valence-corrected chi connectivity index (χ2v) is 7.75. The minimum absolute atomic E-state index is 0. The van der Waals surface area contributed by atoms with Crippen LogP contribution in [0.4, 0.5) is 5.69 Å². The molecule has 1 fully saturated rings. The van der Waals surface area contributed by atoms with Crippen LogP contribution in [0.1, 0.15) is 44.0 Å². The molecule has 142 valence electrons. The first-order valence-corrected chi connectivity index (χ1v) is 8.64. The Kier molecular flexibility index (Phi) is 7.85. The summed E-state index contributed by atoms with van der Waals surface area (Å²) in [6.07, 6.45) is 2.19. The molecule has 3 N–H and O–H groups in total. The largest absolute Gasteiger partial charge is 0.496 e. The van der Waals surface area contributed by atoms with E-state index in [1.165, 1.54) is 7.11 Å². The number of nitrogen functional groups attached to an aromatic ring is 1. The molecule has 0 radical (unpaired) electrons. The van der Waals surface area contributed by atoms with Crippen molar-refractivity contribution in [1.29, 1.82) is 0 Å². The molecule has 1 aromatic carbocycles. The molecule has 1 heterocycles. The van der Waals surface area contributed by atoms with Crippen molar-refractivity contribution < 1.29 is 14.3 Å². The fourth-order valence-corrected chi connectivity index (χ4v) is 3.41. The molecular formula is C18H28Cl2N2O3. The fraction of sp³-hybridized carbons (Fsp3) is 0.611. The van der Waals surface area contributed by atoms with E-state index < -0.39 is 0 Å². The minimum atomic E-state index is -0.216. The van der Waals surface area contributed by atoms with E-state index in [1.807, 2.05) is 0 Å². The lowest BCUT2D eigenvalue weighted by molar-refractivity contribution is -0.0839. The van der Waals surface area contributed by atoms with Gasteiger partial charge in [0.2, 0.25) is 0 Å². The van der Waals surface area contributed by atoms with Crippen molar-refractivity contribution in [2.75, 3.05) is 26.0 Å². The Balaban J connectivity index is 0.00000312. The number of ether oxygens (including phenoxy) is 2. The maximum Gasteiger partial charge on any atom is 0.255 e. The molecule has 2 unspecified atom stereocenters. The van der Waals surface area contributed by atoms with E-state index >= 15 is 0 Å². The van der Waals surface area contributed by atoms with Crippen LogP contribution < -0.4 is 15.8 Å². The lowest BCUT2D eigenvalue weighted by Gasteiger charge is -2.40. The molecule has 1 amide bonds. The molecule has 5 nitrogen and oxygen atoms in total. The van der Waals surface area contributed by atoms with Crippen molar-refractivity contribution in [3.8, 4) is 5.75 Å². The lowest BCUT2D eigenvalue weighted by Crippen LogP contribution is -2.45. The smallest absolute Gasteiger partial charge is 0.255 e. The maximum atomic E-state index is 12.6. The summed E-state index contributed by atoms with van der Waals surface area (Å²) in [4.78, 5) is 12.6. The molecule has 0 aromatic heterocycles. The first-order chi connectivity index (χ1) is 11.2. The van der Waals surface area contributed by atoms with E-state index in [2.05, 4.69) is 26.1 Å². The summed E-state index contributed by atoms with van der Waals surface area (Å²) in [6, 6.07) is 3.11. The zero-order chi connectivity index (χ0) is 17.9. The monoisotopic (exact) mass is 390 g/mol. The number of methoxy groups -OCH3 is 1. The zero-order valence-corrected chi connectivity index (χ0v) is 16.8. The molecule has 0 saturated carbocycles. The van der Waals surface area contributed by atoms with Crippen LogP contribution in [0.25, 0.3) is 0 Å². The summed E-state index contributed by atoms with van der Waals surface area (Å²) in [5.41, 5.74) is 6.58. The van der Waals surface area contributed by atoms with Crippen LogP contribution in [-0.4, -0.2) is 32.3 Å². The Morgan fingerprint density at radius 3 is 2.72 bits per heavy atom. The predicted octanol–water partition coefficient (Wildman–Crippen LogP) is 3.92. The Bertz CT molecular complexity index is 603. The van der Waals surface area contributed by atoms with Crippen molar-refractivity contribution in [1.82, 2.24) is 5.32 Å². The van der Waals surface area contributed by atoms with Crippen molar-refractivity contribution in [3.05, 3.63) is 22.7 Å². The van der Waals surface area contributed by atoms with Crippen LogP contribution in [-0.2, 0) is 4.74 Å². The van der Waals surface area contributed by atoms with Crippen LogP contribution in [0.15, 0.2) is 12.1 Å². The van der Waals surface area contributed by atoms with Crippen LogP contribution in [0.5, 0.6) is 5.75 Å². The SMILES string of the molecule is COc1cc(N)c(Cl)cc1C(=O)NCC1CCCOC1C(C)(C)C.Cl. The maximum absolute atomic E-state index is 12.6. The van der Waals surface area contributed by atoms with Crippen LogP contribution in [0, 0.1) is 11.3 Å². The number of rotatable bonds is 4. The number of nitrogens with one attached hydrogen (secondary N) is 1. The summed E-state index contributed by atoms with van der Waals surface area (Å²) in [5, 5.41) is 3.34. The highest BCUT2D eigenvalue weighted by Crippen LogP contribution is 2.34. The Morgan fingerprint density at radius 1 is 1.44 bits per heavy atom. The first kappa shape index (κ1) is 21.9. The van der Waals surface area contributed by atoms with Gasteiger partial charge in [0, 0.05) is 25.1 Å². The van der Waals surface area contributed by atoms with Gasteiger partial charge in [0.05, 0.1) is 29.5 Å². The quantitative estimate of drug-likeness (QED) is 0.763. The van der Waals surface area contributed by atoms with E-state index in [-0.39, 0.29) is 35.8 Å². The molecule has 7 heteroatoms. The third kappa shape index (κ3) is 5.40. The van der Waals surface area contributed by atoms with Gasteiger partial charge >= 0.3 is 0 Å². The van der Waals surface area contributed by atoms with Gasteiger partial charge in [0.25, 0.3) is 5.91 Å². The number of hydrogen-bond acceptors (Lipinski definition) is 4. The second-order valence-electron chi connectivity index (χ2n) is 7.34. The molecule has 2 rings (SSSR count). The van der Waals surface area contributed by atoms with Gasteiger partial charge in [-0.25, -0.2) is 0 Å². The molecule has 1 aromatic rings. The van der Waals surface area contributed by atoms with E-state index in [0.717, 1.165) is 19.4 Å². The fourth-order valence-electron chi connectivity index (χ4n) is 3.24. The number of carbonyl (C=O) groups excluding carboxylic acids is 1. The summed E-state index contributed by atoms with van der Waals surface area (Å²) in [7, 11) is 1.50. The van der Waals surface area contributed by atoms with Gasteiger partial charge in [-0.2, -0.15) is 0 Å². The molecule has 0 spiro atoms. The average Bonchev–Trinajstić information content (AvgIpc) is 2.54. The highest BCUT2D eigenvalue weighted by atomic mass is 35.5. The number of hydrogen-bond donors (Lipinski definition) is 2. The van der Waals surface area contributed by atoms with E-state index in [0.29, 0.717) is 28.6 Å². The molecule has 2 atom stereocenters. The summed E-state index contributed by atoms with van der Waals surface area (Å²) >= 11 is 6.04. The highest BCUT2D eigenvalue weighted by molar-refractivity contribution is 6.33. The molecule has 1 aliphatic rings. The number of nitrogens with two attached hydrogens (primary N) is 1. The standard InChI is InChI=1S/C18H27ClN2O3.ClH/c1-18(2,3)16-11(6-5-7-24-16)10-21-17(22)12-8-13(19)14(20)9-15(12)23-4;/h8-9,11,16H,5-7,10,20H2,1-4H3,(H,21,22);1H. The van der Waals surface area contributed by atoms with Gasteiger partial charge in [-0.05, 0) is 24.3 Å². The van der Waals surface area contributed by atoms with Gasteiger partial charge < -0.3 is 20.5 Å². The number of anilines is 1. The summed E-state index contributed by atoms with van der Waals surface area (Å²) in [5.74, 6) is 0.492.